The standard InChI is InChI=1S/C19H18N2O2S2/c1-20(2)14-10-8-13(9-11-14)12-17-18(22)21(19(24)25-17)15-6-4-5-7-16(15)23-3/h4-12H,1-3H3. The van der Waals surface area contributed by atoms with Crippen LogP contribution in [0.5, 0.6) is 5.75 Å². The van der Waals surface area contributed by atoms with Crippen LogP contribution in [-0.4, -0.2) is 31.4 Å². The van der Waals surface area contributed by atoms with E-state index in [9.17, 15) is 4.79 Å². The van der Waals surface area contributed by atoms with Crippen molar-refractivity contribution in [3.63, 3.8) is 0 Å². The van der Waals surface area contributed by atoms with Gasteiger partial charge < -0.3 is 9.64 Å². The van der Waals surface area contributed by atoms with Crippen molar-refractivity contribution in [2.75, 3.05) is 31.0 Å². The van der Waals surface area contributed by atoms with Gasteiger partial charge in [-0.05, 0) is 35.9 Å². The van der Waals surface area contributed by atoms with E-state index in [0.717, 1.165) is 11.3 Å². The molecule has 1 saturated heterocycles. The maximum absolute atomic E-state index is 12.8. The minimum absolute atomic E-state index is 0.129. The summed E-state index contributed by atoms with van der Waals surface area (Å²) in [5.74, 6) is 0.492. The minimum Gasteiger partial charge on any atom is -0.495 e. The van der Waals surface area contributed by atoms with E-state index >= 15 is 0 Å². The second kappa shape index (κ2) is 7.29. The van der Waals surface area contributed by atoms with Gasteiger partial charge in [-0.15, -0.1) is 0 Å². The van der Waals surface area contributed by atoms with Crippen molar-refractivity contribution in [2.45, 2.75) is 0 Å². The van der Waals surface area contributed by atoms with Gasteiger partial charge in [0.25, 0.3) is 5.91 Å². The molecule has 1 heterocycles. The second-order valence-corrected chi connectivity index (χ2v) is 7.35. The number of rotatable bonds is 4. The van der Waals surface area contributed by atoms with Crippen LogP contribution < -0.4 is 14.5 Å². The van der Waals surface area contributed by atoms with E-state index in [4.69, 9.17) is 17.0 Å². The predicted molar refractivity (Wildman–Crippen MR) is 109 cm³/mol. The first-order valence-corrected chi connectivity index (χ1v) is 8.92. The molecule has 4 nitrogen and oxygen atoms in total. The summed E-state index contributed by atoms with van der Waals surface area (Å²) in [6.07, 6.45) is 1.87. The van der Waals surface area contributed by atoms with Crippen molar-refractivity contribution in [2.24, 2.45) is 0 Å². The molecule has 1 aliphatic heterocycles. The van der Waals surface area contributed by atoms with Crippen molar-refractivity contribution < 1.29 is 9.53 Å². The lowest BCUT2D eigenvalue weighted by Crippen LogP contribution is -2.27. The first-order valence-electron chi connectivity index (χ1n) is 7.69. The number of ether oxygens (including phenoxy) is 1. The van der Waals surface area contributed by atoms with Gasteiger partial charge in [0, 0.05) is 19.8 Å². The van der Waals surface area contributed by atoms with Gasteiger partial charge in [0.2, 0.25) is 0 Å². The summed E-state index contributed by atoms with van der Waals surface area (Å²) in [6, 6.07) is 15.4. The lowest BCUT2D eigenvalue weighted by Gasteiger charge is -2.17. The van der Waals surface area contributed by atoms with E-state index in [1.807, 2.05) is 73.6 Å². The fraction of sp³-hybridized carbons (Fsp3) is 0.158. The lowest BCUT2D eigenvalue weighted by atomic mass is 10.2. The van der Waals surface area contributed by atoms with Crippen LogP contribution in [0.2, 0.25) is 0 Å². The number of thioether (sulfide) groups is 1. The van der Waals surface area contributed by atoms with E-state index < -0.39 is 0 Å². The smallest absolute Gasteiger partial charge is 0.270 e. The zero-order valence-corrected chi connectivity index (χ0v) is 15.9. The van der Waals surface area contributed by atoms with Crippen molar-refractivity contribution in [1.82, 2.24) is 0 Å². The second-order valence-electron chi connectivity index (χ2n) is 5.67. The largest absolute Gasteiger partial charge is 0.495 e. The minimum atomic E-state index is -0.129. The van der Waals surface area contributed by atoms with E-state index in [1.54, 1.807) is 7.11 Å². The Morgan fingerprint density at radius 2 is 1.80 bits per heavy atom. The van der Waals surface area contributed by atoms with E-state index in [2.05, 4.69) is 0 Å². The van der Waals surface area contributed by atoms with Crippen LogP contribution in [0.25, 0.3) is 6.08 Å². The summed E-state index contributed by atoms with van der Waals surface area (Å²) in [6.45, 7) is 0. The summed E-state index contributed by atoms with van der Waals surface area (Å²) in [7, 11) is 5.57. The van der Waals surface area contributed by atoms with Crippen LogP contribution in [0.3, 0.4) is 0 Å². The third kappa shape index (κ3) is 3.55. The number of para-hydroxylation sites is 2. The molecule has 0 bridgehead atoms. The molecule has 0 atom stereocenters. The molecular weight excluding hydrogens is 352 g/mol. The molecule has 1 fully saturated rings. The molecule has 0 saturated carbocycles. The molecule has 128 valence electrons. The van der Waals surface area contributed by atoms with Gasteiger partial charge in [0.15, 0.2) is 4.32 Å². The third-order valence-corrected chi connectivity index (χ3v) is 5.13. The number of amides is 1. The summed E-state index contributed by atoms with van der Waals surface area (Å²) >= 11 is 6.72. The fourth-order valence-electron chi connectivity index (χ4n) is 2.51. The highest BCUT2D eigenvalue weighted by molar-refractivity contribution is 8.27. The van der Waals surface area contributed by atoms with Crippen molar-refractivity contribution >= 4 is 51.7 Å². The number of hydrogen-bond acceptors (Lipinski definition) is 5. The zero-order chi connectivity index (χ0) is 18.0. The van der Waals surface area contributed by atoms with Crippen molar-refractivity contribution in [3.05, 3.63) is 59.0 Å². The zero-order valence-electron chi connectivity index (χ0n) is 14.2. The first-order chi connectivity index (χ1) is 12.0. The highest BCUT2D eigenvalue weighted by atomic mass is 32.2. The van der Waals surface area contributed by atoms with Gasteiger partial charge >= 0.3 is 0 Å². The molecule has 2 aromatic carbocycles. The molecule has 0 aliphatic carbocycles. The van der Waals surface area contributed by atoms with Crippen LogP contribution in [0.15, 0.2) is 53.4 Å². The number of methoxy groups -OCH3 is 1. The summed E-state index contributed by atoms with van der Waals surface area (Å²) in [5.41, 5.74) is 2.74. The molecule has 1 aliphatic rings. The fourth-order valence-corrected chi connectivity index (χ4v) is 3.79. The average Bonchev–Trinajstić information content (AvgIpc) is 2.89. The average molecular weight is 370 g/mol. The van der Waals surface area contributed by atoms with Gasteiger partial charge in [-0.3, -0.25) is 9.69 Å². The van der Waals surface area contributed by atoms with Crippen molar-refractivity contribution in [1.29, 1.82) is 0 Å². The number of hydrogen-bond donors (Lipinski definition) is 0. The molecule has 0 aromatic heterocycles. The molecule has 0 unspecified atom stereocenters. The SMILES string of the molecule is COc1ccccc1N1C(=O)C(=Cc2ccc(N(C)C)cc2)SC1=S. The number of nitrogens with zero attached hydrogens (tertiary/aromatic N) is 2. The maximum Gasteiger partial charge on any atom is 0.270 e. The van der Waals surface area contributed by atoms with Crippen LogP contribution in [-0.2, 0) is 4.79 Å². The molecule has 25 heavy (non-hydrogen) atoms. The normalized spacial score (nSPS) is 15.8. The molecule has 3 rings (SSSR count). The van der Waals surface area contributed by atoms with E-state index in [0.29, 0.717) is 20.7 Å². The number of anilines is 2. The van der Waals surface area contributed by atoms with Crippen LogP contribution in [0.4, 0.5) is 11.4 Å². The molecule has 0 radical (unpaired) electrons. The number of carbonyl (C=O) groups is 1. The Labute approximate surface area is 157 Å². The predicted octanol–water partition coefficient (Wildman–Crippen LogP) is 4.17. The highest BCUT2D eigenvalue weighted by Gasteiger charge is 2.34. The van der Waals surface area contributed by atoms with Gasteiger partial charge in [-0.2, -0.15) is 0 Å². The van der Waals surface area contributed by atoms with Gasteiger partial charge in [0.05, 0.1) is 17.7 Å². The van der Waals surface area contributed by atoms with Gasteiger partial charge in [-0.25, -0.2) is 0 Å². The van der Waals surface area contributed by atoms with E-state index in [1.165, 1.54) is 16.7 Å². The van der Waals surface area contributed by atoms with Gasteiger partial charge in [0.1, 0.15) is 5.75 Å². The summed E-state index contributed by atoms with van der Waals surface area (Å²) in [5, 5.41) is 0. The van der Waals surface area contributed by atoms with Crippen LogP contribution in [0, 0.1) is 0 Å². The quantitative estimate of drug-likeness (QED) is 0.596. The molecule has 1 amide bonds. The summed E-state index contributed by atoms with van der Waals surface area (Å²) in [4.78, 5) is 17.0. The van der Waals surface area contributed by atoms with Crippen LogP contribution in [0.1, 0.15) is 5.56 Å². The maximum atomic E-state index is 12.8. The lowest BCUT2D eigenvalue weighted by molar-refractivity contribution is -0.113. The Bertz CT molecular complexity index is 845. The highest BCUT2D eigenvalue weighted by Crippen LogP contribution is 2.39. The number of thiocarbonyl (C=S) groups is 1. The Hall–Kier alpha value is -2.31. The Morgan fingerprint density at radius 1 is 1.12 bits per heavy atom. The monoisotopic (exact) mass is 370 g/mol. The molecule has 6 heteroatoms. The molecular formula is C19H18N2O2S2. The van der Waals surface area contributed by atoms with Gasteiger partial charge in [-0.1, -0.05) is 48.2 Å². The van der Waals surface area contributed by atoms with Crippen LogP contribution >= 0.6 is 24.0 Å². The third-order valence-electron chi connectivity index (χ3n) is 3.83. The molecule has 0 N–H and O–H groups in total. The summed E-state index contributed by atoms with van der Waals surface area (Å²) < 4.78 is 5.86. The Balaban J connectivity index is 1.90. The first kappa shape index (κ1) is 17.5. The molecule has 0 spiro atoms. The van der Waals surface area contributed by atoms with E-state index in [-0.39, 0.29) is 5.91 Å². The topological polar surface area (TPSA) is 32.8 Å². The molecule has 2 aromatic rings. The number of carbonyl (C=O) groups excluding carboxylic acids is 1. The number of benzene rings is 2. The Kier molecular flexibility index (Phi) is 5.11. The Morgan fingerprint density at radius 3 is 2.44 bits per heavy atom. The van der Waals surface area contributed by atoms with Crippen molar-refractivity contribution in [3.8, 4) is 5.75 Å².